The number of carbonyl (C=O) groups is 2. The van der Waals surface area contributed by atoms with Gasteiger partial charge in [-0.2, -0.15) is 0 Å². The van der Waals surface area contributed by atoms with Gasteiger partial charge in [0.15, 0.2) is 0 Å². The van der Waals surface area contributed by atoms with Gasteiger partial charge in [0.2, 0.25) is 5.91 Å². The third-order valence-electron chi connectivity index (χ3n) is 4.24. The number of aliphatic hydroxyl groups is 1. The Balaban J connectivity index is 2.08. The lowest BCUT2D eigenvalue weighted by Gasteiger charge is -2.34. The first-order valence-corrected chi connectivity index (χ1v) is 8.57. The van der Waals surface area contributed by atoms with Crippen LogP contribution in [0.1, 0.15) is 37.0 Å². The van der Waals surface area contributed by atoms with Gasteiger partial charge < -0.3 is 20.5 Å². The second-order valence-corrected chi connectivity index (χ2v) is 6.54. The number of benzene rings is 1. The first-order valence-electron chi connectivity index (χ1n) is 8.20. The zero-order valence-electron chi connectivity index (χ0n) is 14.6. The van der Waals surface area contributed by atoms with Crippen molar-refractivity contribution in [2.24, 2.45) is 0 Å². The maximum absolute atomic E-state index is 12.6. The van der Waals surface area contributed by atoms with Crippen molar-refractivity contribution < 1.29 is 19.4 Å². The van der Waals surface area contributed by atoms with E-state index in [0.29, 0.717) is 17.0 Å². The Bertz CT molecular complexity index is 643. The van der Waals surface area contributed by atoms with Crippen LogP contribution in [0.3, 0.4) is 0 Å². The summed E-state index contributed by atoms with van der Waals surface area (Å²) in [6.07, 6.45) is 1.05. The molecule has 3 N–H and O–H groups in total. The molecule has 1 unspecified atom stereocenters. The van der Waals surface area contributed by atoms with Crippen LogP contribution < -0.4 is 15.4 Å². The van der Waals surface area contributed by atoms with E-state index in [4.69, 9.17) is 16.3 Å². The van der Waals surface area contributed by atoms with Crippen LogP contribution in [0.5, 0.6) is 5.75 Å². The van der Waals surface area contributed by atoms with Gasteiger partial charge in [-0.3, -0.25) is 14.5 Å². The van der Waals surface area contributed by atoms with E-state index < -0.39 is 6.23 Å². The lowest BCUT2D eigenvalue weighted by molar-refractivity contribution is -0.114. The number of likely N-dealkylation sites (tertiary alicyclic amines) is 1. The van der Waals surface area contributed by atoms with Crippen molar-refractivity contribution >= 4 is 29.1 Å². The van der Waals surface area contributed by atoms with Gasteiger partial charge in [0, 0.05) is 32.1 Å². The van der Waals surface area contributed by atoms with Crippen molar-refractivity contribution in [3.8, 4) is 5.75 Å². The number of aliphatic hydroxyl groups excluding tert-OH is 1. The maximum atomic E-state index is 12.6. The first kappa shape index (κ1) is 19.5. The second kappa shape index (κ2) is 8.51. The summed E-state index contributed by atoms with van der Waals surface area (Å²) < 4.78 is 5.27. The number of rotatable bonds is 5. The van der Waals surface area contributed by atoms with Crippen LogP contribution in [-0.2, 0) is 4.79 Å². The van der Waals surface area contributed by atoms with Gasteiger partial charge in [-0.1, -0.05) is 11.6 Å². The summed E-state index contributed by atoms with van der Waals surface area (Å²) in [4.78, 5) is 25.8. The molecule has 25 heavy (non-hydrogen) atoms. The highest BCUT2D eigenvalue weighted by atomic mass is 35.5. The van der Waals surface area contributed by atoms with E-state index in [1.165, 1.54) is 26.2 Å². The van der Waals surface area contributed by atoms with Crippen LogP contribution in [0, 0.1) is 0 Å². The summed E-state index contributed by atoms with van der Waals surface area (Å²) in [5.74, 6) is -0.193. The molecule has 1 heterocycles. The Morgan fingerprint density at radius 1 is 1.36 bits per heavy atom. The number of carbonyl (C=O) groups excluding carboxylic acids is 2. The van der Waals surface area contributed by atoms with Crippen molar-refractivity contribution in [2.75, 3.05) is 25.5 Å². The fourth-order valence-corrected chi connectivity index (χ4v) is 3.08. The molecule has 0 aromatic heterocycles. The highest BCUT2D eigenvalue weighted by molar-refractivity contribution is 6.34. The Morgan fingerprint density at radius 2 is 2.00 bits per heavy atom. The van der Waals surface area contributed by atoms with Crippen LogP contribution in [0.15, 0.2) is 12.1 Å². The van der Waals surface area contributed by atoms with Gasteiger partial charge >= 0.3 is 0 Å². The van der Waals surface area contributed by atoms with Crippen LogP contribution >= 0.6 is 11.6 Å². The third-order valence-corrected chi connectivity index (χ3v) is 4.55. The Kier molecular flexibility index (Phi) is 6.64. The normalized spacial score (nSPS) is 17.0. The van der Waals surface area contributed by atoms with Crippen molar-refractivity contribution in [3.63, 3.8) is 0 Å². The number of methoxy groups -OCH3 is 1. The molecule has 2 rings (SSSR count). The van der Waals surface area contributed by atoms with Crippen LogP contribution in [0.2, 0.25) is 5.02 Å². The Labute approximate surface area is 152 Å². The minimum absolute atomic E-state index is 0.0287. The highest BCUT2D eigenvalue weighted by Crippen LogP contribution is 2.31. The molecule has 0 radical (unpaired) electrons. The molecule has 138 valence electrons. The zero-order valence-corrected chi connectivity index (χ0v) is 15.4. The van der Waals surface area contributed by atoms with E-state index in [-0.39, 0.29) is 22.9 Å². The molecule has 1 aliphatic heterocycles. The number of ether oxygens (including phenoxy) is 1. The van der Waals surface area contributed by atoms with Crippen LogP contribution in [0.4, 0.5) is 5.69 Å². The molecule has 0 spiro atoms. The van der Waals surface area contributed by atoms with Crippen molar-refractivity contribution in [3.05, 3.63) is 22.7 Å². The molecule has 1 aliphatic rings. The SMILES string of the molecule is COc1cc(NC(C)=O)c(Cl)cc1C(=O)NC1CCN(C(C)O)CC1. The summed E-state index contributed by atoms with van der Waals surface area (Å²) in [6.45, 7) is 4.56. The molecule has 0 bridgehead atoms. The molecule has 1 fully saturated rings. The van der Waals surface area contributed by atoms with Crippen LogP contribution in [-0.4, -0.2) is 54.3 Å². The minimum atomic E-state index is -0.475. The van der Waals surface area contributed by atoms with Crippen molar-refractivity contribution in [1.29, 1.82) is 0 Å². The molecule has 8 heteroatoms. The van der Waals surface area contributed by atoms with E-state index >= 15 is 0 Å². The second-order valence-electron chi connectivity index (χ2n) is 6.13. The van der Waals surface area contributed by atoms with Crippen LogP contribution in [0.25, 0.3) is 0 Å². The standard InChI is InChI=1S/C17H24ClN3O4/c1-10(22)19-15-9-16(25-3)13(8-14(15)18)17(24)20-12-4-6-21(7-5-12)11(2)23/h8-9,11-12,23H,4-7H2,1-3H3,(H,19,22)(H,20,24). The van der Waals surface area contributed by atoms with E-state index in [0.717, 1.165) is 25.9 Å². The monoisotopic (exact) mass is 369 g/mol. The lowest BCUT2D eigenvalue weighted by atomic mass is 10.0. The van der Waals surface area contributed by atoms with Gasteiger partial charge in [-0.25, -0.2) is 0 Å². The number of amides is 2. The zero-order chi connectivity index (χ0) is 18.6. The number of piperidine rings is 1. The van der Waals surface area contributed by atoms with Gasteiger partial charge in [0.05, 0.1) is 23.4 Å². The lowest BCUT2D eigenvalue weighted by Crippen LogP contribution is -2.47. The van der Waals surface area contributed by atoms with Gasteiger partial charge in [0.1, 0.15) is 12.0 Å². The molecule has 1 aromatic carbocycles. The molecule has 1 aromatic rings. The molecular weight excluding hydrogens is 346 g/mol. The quantitative estimate of drug-likeness (QED) is 0.736. The predicted molar refractivity (Wildman–Crippen MR) is 96.0 cm³/mol. The molecule has 1 saturated heterocycles. The maximum Gasteiger partial charge on any atom is 0.255 e. The summed E-state index contributed by atoms with van der Waals surface area (Å²) in [6, 6.07) is 3.06. The molecule has 1 atom stereocenters. The summed E-state index contributed by atoms with van der Waals surface area (Å²) in [7, 11) is 1.46. The smallest absolute Gasteiger partial charge is 0.255 e. The summed E-state index contributed by atoms with van der Waals surface area (Å²) in [5, 5.41) is 15.4. The predicted octanol–water partition coefficient (Wildman–Crippen LogP) is 1.84. The number of nitrogens with one attached hydrogen (secondary N) is 2. The van der Waals surface area contributed by atoms with E-state index in [1.807, 2.05) is 4.90 Å². The van der Waals surface area contributed by atoms with E-state index in [2.05, 4.69) is 10.6 Å². The van der Waals surface area contributed by atoms with Gasteiger partial charge in [-0.05, 0) is 25.8 Å². The first-order chi connectivity index (χ1) is 11.8. The Morgan fingerprint density at radius 3 is 2.52 bits per heavy atom. The van der Waals surface area contributed by atoms with Gasteiger partial charge in [0.25, 0.3) is 5.91 Å². The number of anilines is 1. The summed E-state index contributed by atoms with van der Waals surface area (Å²) >= 11 is 6.16. The average Bonchev–Trinajstić information content (AvgIpc) is 2.56. The number of nitrogens with zero attached hydrogens (tertiary/aromatic N) is 1. The Hall–Kier alpha value is -1.83. The van der Waals surface area contributed by atoms with Crippen molar-refractivity contribution in [2.45, 2.75) is 39.0 Å². The van der Waals surface area contributed by atoms with E-state index in [1.54, 1.807) is 6.92 Å². The summed E-state index contributed by atoms with van der Waals surface area (Å²) in [5.41, 5.74) is 0.715. The topological polar surface area (TPSA) is 90.9 Å². The van der Waals surface area contributed by atoms with Gasteiger partial charge in [-0.15, -0.1) is 0 Å². The van der Waals surface area contributed by atoms with Crippen molar-refractivity contribution in [1.82, 2.24) is 10.2 Å². The molecule has 2 amide bonds. The minimum Gasteiger partial charge on any atom is -0.496 e. The number of halogens is 1. The third kappa shape index (κ3) is 5.07. The average molecular weight is 370 g/mol. The molecule has 7 nitrogen and oxygen atoms in total. The molecular formula is C17H24ClN3O4. The number of hydrogen-bond acceptors (Lipinski definition) is 5. The molecule has 0 aliphatic carbocycles. The molecule has 0 saturated carbocycles. The largest absolute Gasteiger partial charge is 0.496 e. The fraction of sp³-hybridized carbons (Fsp3) is 0.529. The fourth-order valence-electron chi connectivity index (χ4n) is 2.87. The highest BCUT2D eigenvalue weighted by Gasteiger charge is 2.24. The van der Waals surface area contributed by atoms with E-state index in [9.17, 15) is 14.7 Å². The number of hydrogen-bond donors (Lipinski definition) is 3.